The standard InChI is InChI=1S/C14H17F3N4/c1-3-12-5-10(7-18-4-2)6-13(20-12)21-9-11(8-19-21)14(15,16)17/h5-6,8-9,18H,3-4,7H2,1-2H3. The van der Waals surface area contributed by atoms with E-state index in [0.717, 1.165) is 34.9 Å². The average molecular weight is 298 g/mol. The number of nitrogens with one attached hydrogen (secondary N) is 1. The Balaban J connectivity index is 2.36. The molecule has 0 saturated heterocycles. The Bertz CT molecular complexity index is 605. The van der Waals surface area contributed by atoms with Gasteiger partial charge < -0.3 is 5.32 Å². The lowest BCUT2D eigenvalue weighted by Crippen LogP contribution is -2.13. The Kier molecular flexibility index (Phi) is 4.62. The molecule has 0 aliphatic carbocycles. The minimum Gasteiger partial charge on any atom is -0.313 e. The Morgan fingerprint density at radius 2 is 2.00 bits per heavy atom. The van der Waals surface area contributed by atoms with Gasteiger partial charge in [-0.3, -0.25) is 0 Å². The highest BCUT2D eigenvalue weighted by molar-refractivity contribution is 5.31. The molecule has 0 radical (unpaired) electrons. The van der Waals surface area contributed by atoms with Crippen LogP contribution < -0.4 is 5.32 Å². The van der Waals surface area contributed by atoms with Gasteiger partial charge in [0.1, 0.15) is 0 Å². The Labute approximate surface area is 121 Å². The molecule has 4 nitrogen and oxygen atoms in total. The molecular weight excluding hydrogens is 281 g/mol. The fourth-order valence-electron chi connectivity index (χ4n) is 1.90. The van der Waals surface area contributed by atoms with Crippen molar-refractivity contribution in [1.82, 2.24) is 20.1 Å². The summed E-state index contributed by atoms with van der Waals surface area (Å²) >= 11 is 0. The molecule has 0 fully saturated rings. The zero-order chi connectivity index (χ0) is 15.5. The summed E-state index contributed by atoms with van der Waals surface area (Å²) in [5.41, 5.74) is 1.02. The van der Waals surface area contributed by atoms with E-state index in [0.29, 0.717) is 18.8 Å². The van der Waals surface area contributed by atoms with Crippen LogP contribution in [-0.4, -0.2) is 21.3 Å². The smallest absolute Gasteiger partial charge is 0.313 e. The van der Waals surface area contributed by atoms with Crippen molar-refractivity contribution in [2.45, 2.75) is 33.0 Å². The van der Waals surface area contributed by atoms with Gasteiger partial charge in [0, 0.05) is 18.4 Å². The van der Waals surface area contributed by atoms with E-state index < -0.39 is 11.7 Å². The fraction of sp³-hybridized carbons (Fsp3) is 0.429. The van der Waals surface area contributed by atoms with E-state index in [1.54, 1.807) is 6.07 Å². The molecule has 1 N–H and O–H groups in total. The Hall–Kier alpha value is -1.89. The molecule has 2 aromatic heterocycles. The summed E-state index contributed by atoms with van der Waals surface area (Å²) in [7, 11) is 0. The lowest BCUT2D eigenvalue weighted by molar-refractivity contribution is -0.137. The summed E-state index contributed by atoms with van der Waals surface area (Å²) in [5, 5.41) is 6.95. The van der Waals surface area contributed by atoms with Crippen molar-refractivity contribution < 1.29 is 13.2 Å². The zero-order valence-corrected chi connectivity index (χ0v) is 11.9. The van der Waals surface area contributed by atoms with Crippen LogP contribution in [0.25, 0.3) is 5.82 Å². The molecule has 0 bridgehead atoms. The first-order valence-corrected chi connectivity index (χ1v) is 6.76. The third-order valence-electron chi connectivity index (χ3n) is 3.01. The van der Waals surface area contributed by atoms with Crippen LogP contribution in [0.5, 0.6) is 0 Å². The monoisotopic (exact) mass is 298 g/mol. The first-order valence-electron chi connectivity index (χ1n) is 6.76. The van der Waals surface area contributed by atoms with Crippen LogP contribution >= 0.6 is 0 Å². The van der Waals surface area contributed by atoms with Gasteiger partial charge in [-0.2, -0.15) is 18.3 Å². The molecule has 7 heteroatoms. The highest BCUT2D eigenvalue weighted by Crippen LogP contribution is 2.29. The number of aryl methyl sites for hydroxylation is 1. The van der Waals surface area contributed by atoms with Gasteiger partial charge in [0.15, 0.2) is 5.82 Å². The average Bonchev–Trinajstić information content (AvgIpc) is 2.94. The Morgan fingerprint density at radius 3 is 2.57 bits per heavy atom. The largest absolute Gasteiger partial charge is 0.419 e. The maximum Gasteiger partial charge on any atom is 0.419 e. The van der Waals surface area contributed by atoms with Crippen molar-refractivity contribution >= 4 is 0 Å². The first-order chi connectivity index (χ1) is 9.94. The van der Waals surface area contributed by atoms with Crippen LogP contribution in [-0.2, 0) is 19.1 Å². The number of nitrogens with zero attached hydrogens (tertiary/aromatic N) is 3. The second kappa shape index (κ2) is 6.26. The van der Waals surface area contributed by atoms with Gasteiger partial charge in [-0.15, -0.1) is 0 Å². The molecule has 0 aliphatic heterocycles. The van der Waals surface area contributed by atoms with Crippen molar-refractivity contribution in [3.05, 3.63) is 41.3 Å². The van der Waals surface area contributed by atoms with Crippen LogP contribution in [0, 0.1) is 0 Å². The third kappa shape index (κ3) is 3.81. The summed E-state index contributed by atoms with van der Waals surface area (Å²) in [5.74, 6) is 0.401. The van der Waals surface area contributed by atoms with Crippen molar-refractivity contribution in [3.8, 4) is 5.82 Å². The van der Waals surface area contributed by atoms with E-state index >= 15 is 0 Å². The highest BCUT2D eigenvalue weighted by atomic mass is 19.4. The number of hydrogen-bond donors (Lipinski definition) is 1. The Morgan fingerprint density at radius 1 is 1.24 bits per heavy atom. The molecule has 2 heterocycles. The molecule has 0 saturated carbocycles. The van der Waals surface area contributed by atoms with E-state index in [2.05, 4.69) is 15.4 Å². The zero-order valence-electron chi connectivity index (χ0n) is 11.9. The maximum absolute atomic E-state index is 12.6. The second-order valence-electron chi connectivity index (χ2n) is 4.63. The molecule has 0 spiro atoms. The molecule has 0 aliphatic rings. The summed E-state index contributed by atoms with van der Waals surface area (Å²) < 4.78 is 39.0. The molecule has 2 rings (SSSR count). The van der Waals surface area contributed by atoms with Gasteiger partial charge in [-0.05, 0) is 30.7 Å². The van der Waals surface area contributed by atoms with Gasteiger partial charge in [0.2, 0.25) is 0 Å². The molecule has 21 heavy (non-hydrogen) atoms. The lowest BCUT2D eigenvalue weighted by Gasteiger charge is -2.08. The molecular formula is C14H17F3N4. The predicted octanol–water partition coefficient (Wildman–Crippen LogP) is 2.96. The van der Waals surface area contributed by atoms with Crippen LogP contribution in [0.2, 0.25) is 0 Å². The van der Waals surface area contributed by atoms with Crippen LogP contribution in [0.1, 0.15) is 30.7 Å². The van der Waals surface area contributed by atoms with Gasteiger partial charge in [0.05, 0.1) is 11.8 Å². The highest BCUT2D eigenvalue weighted by Gasteiger charge is 2.32. The van der Waals surface area contributed by atoms with Crippen LogP contribution in [0.4, 0.5) is 13.2 Å². The van der Waals surface area contributed by atoms with Gasteiger partial charge in [-0.1, -0.05) is 13.8 Å². The van der Waals surface area contributed by atoms with Gasteiger partial charge >= 0.3 is 6.18 Å². The van der Waals surface area contributed by atoms with E-state index in [-0.39, 0.29) is 0 Å². The number of pyridine rings is 1. The van der Waals surface area contributed by atoms with E-state index in [9.17, 15) is 13.2 Å². The quantitative estimate of drug-likeness (QED) is 0.923. The second-order valence-corrected chi connectivity index (χ2v) is 4.63. The van der Waals surface area contributed by atoms with Crippen LogP contribution in [0.3, 0.4) is 0 Å². The SMILES string of the molecule is CCNCc1cc(CC)nc(-n2cc(C(F)(F)F)cn2)c1. The molecule has 0 amide bonds. The summed E-state index contributed by atoms with van der Waals surface area (Å²) in [6.45, 7) is 5.41. The third-order valence-corrected chi connectivity index (χ3v) is 3.01. The number of hydrogen-bond acceptors (Lipinski definition) is 3. The first kappa shape index (κ1) is 15.5. The van der Waals surface area contributed by atoms with E-state index in [1.165, 1.54) is 0 Å². The van der Waals surface area contributed by atoms with E-state index in [4.69, 9.17) is 0 Å². The maximum atomic E-state index is 12.6. The minimum absolute atomic E-state index is 0.401. The molecule has 0 atom stereocenters. The molecule has 0 aromatic carbocycles. The summed E-state index contributed by atoms with van der Waals surface area (Å²) in [4.78, 5) is 4.33. The molecule has 0 unspecified atom stereocenters. The van der Waals surface area contributed by atoms with Gasteiger partial charge in [-0.25, -0.2) is 9.67 Å². The predicted molar refractivity (Wildman–Crippen MR) is 73.1 cm³/mol. The number of rotatable bonds is 5. The van der Waals surface area contributed by atoms with Crippen molar-refractivity contribution in [1.29, 1.82) is 0 Å². The normalized spacial score (nSPS) is 11.9. The number of aromatic nitrogens is 3. The molecule has 2 aromatic rings. The number of halogens is 3. The summed E-state index contributed by atoms with van der Waals surface area (Å²) in [6.07, 6.45) is -1.92. The number of alkyl halides is 3. The lowest BCUT2D eigenvalue weighted by atomic mass is 10.2. The molecule has 114 valence electrons. The van der Waals surface area contributed by atoms with Crippen molar-refractivity contribution in [3.63, 3.8) is 0 Å². The van der Waals surface area contributed by atoms with E-state index in [1.807, 2.05) is 19.9 Å². The minimum atomic E-state index is -4.40. The topological polar surface area (TPSA) is 42.7 Å². The summed E-state index contributed by atoms with van der Waals surface area (Å²) in [6, 6.07) is 3.69. The van der Waals surface area contributed by atoms with Crippen LogP contribution in [0.15, 0.2) is 24.5 Å². The van der Waals surface area contributed by atoms with Crippen molar-refractivity contribution in [2.24, 2.45) is 0 Å². The fourth-order valence-corrected chi connectivity index (χ4v) is 1.90. The van der Waals surface area contributed by atoms with Gasteiger partial charge in [0.25, 0.3) is 0 Å². The van der Waals surface area contributed by atoms with Crippen molar-refractivity contribution in [2.75, 3.05) is 6.54 Å².